The summed E-state index contributed by atoms with van der Waals surface area (Å²) in [6, 6.07) is 7.38. The highest BCUT2D eigenvalue weighted by atomic mass is 79.9. The summed E-state index contributed by atoms with van der Waals surface area (Å²) in [5.74, 6) is 0.305. The zero-order valence-corrected chi connectivity index (χ0v) is 18.7. The molecule has 1 atom stereocenters. The lowest BCUT2D eigenvalue weighted by atomic mass is 9.96. The Morgan fingerprint density at radius 2 is 1.93 bits per heavy atom. The van der Waals surface area contributed by atoms with Crippen molar-refractivity contribution in [3.8, 4) is 0 Å². The summed E-state index contributed by atoms with van der Waals surface area (Å²) in [4.78, 5) is 40.9. The molecule has 2 aliphatic heterocycles. The molecule has 2 aliphatic rings. The molecule has 0 aromatic heterocycles. The van der Waals surface area contributed by atoms with Crippen molar-refractivity contribution in [2.45, 2.75) is 12.8 Å². The number of carbonyl (C=O) groups is 3. The van der Waals surface area contributed by atoms with Gasteiger partial charge in [0.1, 0.15) is 0 Å². The average molecular weight is 484 g/mol. The lowest BCUT2D eigenvalue weighted by Crippen LogP contribution is -2.49. The van der Waals surface area contributed by atoms with Crippen LogP contribution in [0.5, 0.6) is 0 Å². The number of halogens is 1. The molecule has 9 heteroatoms. The average Bonchev–Trinajstić information content (AvgIpc) is 2.74. The van der Waals surface area contributed by atoms with Crippen molar-refractivity contribution in [1.29, 1.82) is 0 Å². The Labute approximate surface area is 183 Å². The number of ether oxygens (including phenoxy) is 1. The van der Waals surface area contributed by atoms with Crippen LogP contribution in [-0.4, -0.2) is 78.4 Å². The van der Waals surface area contributed by atoms with Gasteiger partial charge in [-0.1, -0.05) is 22.0 Å². The molecule has 2 saturated heterocycles. The highest BCUT2D eigenvalue weighted by Gasteiger charge is 2.31. The van der Waals surface area contributed by atoms with Gasteiger partial charge in [0, 0.05) is 36.3 Å². The fraction of sp³-hybridized carbons (Fsp3) is 0.550. The van der Waals surface area contributed by atoms with E-state index in [-0.39, 0.29) is 35.1 Å². The number of nitrogens with zero attached hydrogens (tertiary/aromatic N) is 2. The predicted octanol–water partition coefficient (Wildman–Crippen LogP) is 2.22. The maximum atomic E-state index is 12.7. The second-order valence-electron chi connectivity index (χ2n) is 7.17. The summed E-state index contributed by atoms with van der Waals surface area (Å²) in [5, 5.41) is 2.82. The van der Waals surface area contributed by atoms with E-state index in [2.05, 4.69) is 21.2 Å². The first-order valence-corrected chi connectivity index (χ1v) is 11.7. The first kappa shape index (κ1) is 22.1. The summed E-state index contributed by atoms with van der Waals surface area (Å²) >= 11 is 4.67. The van der Waals surface area contributed by atoms with Crippen LogP contribution in [0.4, 0.5) is 5.69 Å². The lowest BCUT2D eigenvalue weighted by molar-refractivity contribution is -0.143. The molecule has 1 aromatic rings. The number of benzene rings is 1. The van der Waals surface area contributed by atoms with Crippen LogP contribution in [0.15, 0.2) is 28.7 Å². The van der Waals surface area contributed by atoms with E-state index in [1.165, 1.54) is 11.8 Å². The molecule has 0 saturated carbocycles. The van der Waals surface area contributed by atoms with E-state index in [4.69, 9.17) is 4.74 Å². The van der Waals surface area contributed by atoms with Crippen molar-refractivity contribution in [1.82, 2.24) is 9.80 Å². The number of thioether (sulfide) groups is 1. The lowest BCUT2D eigenvalue weighted by Gasteiger charge is -2.36. The number of carbonyl (C=O) groups excluding carboxylic acids is 3. The second-order valence-corrected chi connectivity index (χ2v) is 9.07. The Morgan fingerprint density at radius 3 is 2.69 bits per heavy atom. The molecule has 7 nitrogen and oxygen atoms in total. The second kappa shape index (κ2) is 11.0. The quantitative estimate of drug-likeness (QED) is 0.670. The van der Waals surface area contributed by atoms with E-state index < -0.39 is 0 Å². The Morgan fingerprint density at radius 1 is 1.14 bits per heavy atom. The third-order valence-electron chi connectivity index (χ3n) is 5.01. The SMILES string of the molecule is O=C(CSCC(=O)N1CCCC(C(=O)N2CCOCC2)C1)Nc1cccc(Br)c1. The van der Waals surface area contributed by atoms with Gasteiger partial charge in [-0.25, -0.2) is 0 Å². The molecule has 1 unspecified atom stereocenters. The Bertz CT molecular complexity index is 742. The minimum Gasteiger partial charge on any atom is -0.378 e. The molecule has 2 fully saturated rings. The fourth-order valence-electron chi connectivity index (χ4n) is 3.53. The molecule has 3 amide bonds. The van der Waals surface area contributed by atoms with Crippen molar-refractivity contribution >= 4 is 51.1 Å². The molecule has 2 heterocycles. The van der Waals surface area contributed by atoms with Crippen molar-refractivity contribution in [2.75, 3.05) is 56.2 Å². The molecular weight excluding hydrogens is 458 g/mol. The number of rotatable bonds is 6. The predicted molar refractivity (Wildman–Crippen MR) is 117 cm³/mol. The molecule has 0 spiro atoms. The van der Waals surface area contributed by atoms with Crippen LogP contribution in [-0.2, 0) is 19.1 Å². The van der Waals surface area contributed by atoms with E-state index in [9.17, 15) is 14.4 Å². The van der Waals surface area contributed by atoms with Crippen LogP contribution in [0.3, 0.4) is 0 Å². The number of amides is 3. The maximum Gasteiger partial charge on any atom is 0.234 e. The zero-order chi connectivity index (χ0) is 20.6. The number of morpholine rings is 1. The summed E-state index contributed by atoms with van der Waals surface area (Å²) in [6.45, 7) is 3.58. The van der Waals surface area contributed by atoms with Crippen molar-refractivity contribution in [3.05, 3.63) is 28.7 Å². The fourth-order valence-corrected chi connectivity index (χ4v) is 4.65. The van der Waals surface area contributed by atoms with Gasteiger partial charge in [-0.05, 0) is 31.0 Å². The topological polar surface area (TPSA) is 79.0 Å². The third kappa shape index (κ3) is 6.72. The van der Waals surface area contributed by atoms with Gasteiger partial charge in [-0.15, -0.1) is 11.8 Å². The van der Waals surface area contributed by atoms with E-state index in [1.54, 1.807) is 4.90 Å². The maximum absolute atomic E-state index is 12.7. The van der Waals surface area contributed by atoms with Gasteiger partial charge in [0.2, 0.25) is 17.7 Å². The van der Waals surface area contributed by atoms with Crippen LogP contribution in [0.2, 0.25) is 0 Å². The largest absolute Gasteiger partial charge is 0.378 e. The Kier molecular flexibility index (Phi) is 8.38. The summed E-state index contributed by atoms with van der Waals surface area (Å²) in [5.41, 5.74) is 0.719. The van der Waals surface area contributed by atoms with E-state index >= 15 is 0 Å². The number of piperidine rings is 1. The number of hydrogen-bond donors (Lipinski definition) is 1. The van der Waals surface area contributed by atoms with Crippen molar-refractivity contribution in [2.24, 2.45) is 5.92 Å². The molecule has 0 aliphatic carbocycles. The minimum absolute atomic E-state index is 0.00951. The molecule has 1 aromatic carbocycles. The van der Waals surface area contributed by atoms with E-state index in [0.717, 1.165) is 23.0 Å². The molecule has 158 valence electrons. The monoisotopic (exact) mass is 483 g/mol. The normalized spacial score (nSPS) is 19.7. The number of hydrogen-bond acceptors (Lipinski definition) is 5. The number of anilines is 1. The highest BCUT2D eigenvalue weighted by Crippen LogP contribution is 2.21. The van der Waals surface area contributed by atoms with Crippen LogP contribution in [0, 0.1) is 5.92 Å². The molecular formula is C20H26BrN3O4S. The van der Waals surface area contributed by atoms with Gasteiger partial charge in [0.15, 0.2) is 0 Å². The van der Waals surface area contributed by atoms with E-state index in [1.807, 2.05) is 29.2 Å². The smallest absolute Gasteiger partial charge is 0.234 e. The van der Waals surface area contributed by atoms with Gasteiger partial charge in [0.25, 0.3) is 0 Å². The Balaban J connectivity index is 1.40. The zero-order valence-electron chi connectivity index (χ0n) is 16.3. The number of nitrogens with one attached hydrogen (secondary N) is 1. The molecule has 3 rings (SSSR count). The summed E-state index contributed by atoms with van der Waals surface area (Å²) in [6.07, 6.45) is 1.66. The first-order valence-electron chi connectivity index (χ1n) is 9.80. The summed E-state index contributed by atoms with van der Waals surface area (Å²) < 4.78 is 6.20. The minimum atomic E-state index is -0.139. The van der Waals surface area contributed by atoms with Gasteiger partial charge in [-0.3, -0.25) is 14.4 Å². The van der Waals surface area contributed by atoms with E-state index in [0.29, 0.717) is 39.4 Å². The molecule has 0 radical (unpaired) electrons. The highest BCUT2D eigenvalue weighted by molar-refractivity contribution is 9.10. The Hall–Kier alpha value is -1.58. The van der Waals surface area contributed by atoms with Crippen LogP contribution in [0.25, 0.3) is 0 Å². The van der Waals surface area contributed by atoms with Gasteiger partial charge < -0.3 is 19.9 Å². The molecule has 29 heavy (non-hydrogen) atoms. The standard InChI is InChI=1S/C20H26BrN3O4S/c21-16-4-1-5-17(11-16)22-18(25)13-29-14-19(26)24-6-2-3-15(12-24)20(27)23-7-9-28-10-8-23/h1,4-5,11,15H,2-3,6-10,12-14H2,(H,22,25). The van der Waals surface area contributed by atoms with Gasteiger partial charge >= 0.3 is 0 Å². The van der Waals surface area contributed by atoms with Crippen LogP contribution < -0.4 is 5.32 Å². The third-order valence-corrected chi connectivity index (χ3v) is 6.42. The molecule has 1 N–H and O–H groups in total. The van der Waals surface area contributed by atoms with Crippen molar-refractivity contribution in [3.63, 3.8) is 0 Å². The van der Waals surface area contributed by atoms with Crippen LogP contribution in [0.1, 0.15) is 12.8 Å². The molecule has 0 bridgehead atoms. The van der Waals surface area contributed by atoms with Crippen molar-refractivity contribution < 1.29 is 19.1 Å². The summed E-state index contributed by atoms with van der Waals surface area (Å²) in [7, 11) is 0. The van der Waals surface area contributed by atoms with Crippen LogP contribution >= 0.6 is 27.7 Å². The van der Waals surface area contributed by atoms with Gasteiger partial charge in [0.05, 0.1) is 30.6 Å². The number of likely N-dealkylation sites (tertiary alicyclic amines) is 1. The van der Waals surface area contributed by atoms with Gasteiger partial charge in [-0.2, -0.15) is 0 Å². The first-order chi connectivity index (χ1) is 14.0.